The summed E-state index contributed by atoms with van der Waals surface area (Å²) in [7, 11) is 2.08. The van der Waals surface area contributed by atoms with E-state index in [2.05, 4.69) is 41.2 Å². The molecule has 2 saturated heterocycles. The number of carbonyl (C=O) groups is 2. The lowest BCUT2D eigenvalue weighted by molar-refractivity contribution is -0.144. The zero-order valence-corrected chi connectivity index (χ0v) is 19.4. The fourth-order valence-electron chi connectivity index (χ4n) is 5.47. The highest BCUT2D eigenvalue weighted by molar-refractivity contribution is 5.78. The number of nitrogens with one attached hydrogen (secondary N) is 1. The number of carboxylic acids is 1. The van der Waals surface area contributed by atoms with Gasteiger partial charge in [-0.2, -0.15) is 0 Å². The van der Waals surface area contributed by atoms with E-state index in [9.17, 15) is 14.7 Å². The molecule has 0 aromatic heterocycles. The van der Waals surface area contributed by atoms with Crippen LogP contribution in [-0.2, 0) is 16.1 Å². The predicted octanol–water partition coefficient (Wildman–Crippen LogP) is 2.58. The Hall–Kier alpha value is -2.12. The Bertz CT molecular complexity index is 812. The molecule has 0 spiro atoms. The fraction of sp³-hybridized carbons (Fsp3) is 0.667. The van der Waals surface area contributed by atoms with Crippen LogP contribution in [0.2, 0.25) is 0 Å². The number of nitrogens with two attached hydrogens (primary N) is 1. The number of hydrogen-bond donors (Lipinski definition) is 3. The SMILES string of the molecule is CN(CCC1(C)CC(C(N)=O)C(C)(C)N1)c1ccccc1CN1CCCCC1C(=O)O. The zero-order chi connectivity index (χ0) is 22.8. The van der Waals surface area contributed by atoms with Crippen molar-refractivity contribution in [2.24, 2.45) is 11.7 Å². The number of nitrogens with zero attached hydrogens (tertiary/aromatic N) is 2. The number of carboxylic acid groups (broad SMARTS) is 1. The molecule has 3 rings (SSSR count). The summed E-state index contributed by atoms with van der Waals surface area (Å²) in [5.74, 6) is -1.14. The number of likely N-dealkylation sites (tertiary alicyclic amines) is 1. The highest BCUT2D eigenvalue weighted by Gasteiger charge is 2.48. The molecule has 0 bridgehead atoms. The maximum atomic E-state index is 11.9. The second kappa shape index (κ2) is 9.17. The van der Waals surface area contributed by atoms with Gasteiger partial charge in [-0.05, 0) is 64.6 Å². The molecule has 1 aromatic carbocycles. The van der Waals surface area contributed by atoms with Crippen LogP contribution in [-0.4, -0.2) is 59.1 Å². The summed E-state index contributed by atoms with van der Waals surface area (Å²) in [6.45, 7) is 8.55. The van der Waals surface area contributed by atoms with Crippen molar-refractivity contribution in [2.45, 2.75) is 76.5 Å². The number of aliphatic carboxylic acids is 1. The number of para-hydroxylation sites is 1. The Labute approximate surface area is 186 Å². The maximum Gasteiger partial charge on any atom is 0.320 e. The van der Waals surface area contributed by atoms with Crippen LogP contribution in [0.5, 0.6) is 0 Å². The lowest BCUT2D eigenvalue weighted by Crippen LogP contribution is -2.49. The molecule has 1 amide bonds. The van der Waals surface area contributed by atoms with Crippen molar-refractivity contribution in [1.29, 1.82) is 0 Å². The number of primary amides is 1. The maximum absolute atomic E-state index is 11.9. The molecule has 4 N–H and O–H groups in total. The van der Waals surface area contributed by atoms with Gasteiger partial charge in [0.1, 0.15) is 6.04 Å². The normalized spacial score (nSPS) is 28.4. The Morgan fingerprint density at radius 2 is 1.97 bits per heavy atom. The molecular formula is C24H38N4O3. The molecule has 0 saturated carbocycles. The standard InChI is InChI=1S/C24H38N4O3/c1-23(2)18(21(25)29)15-24(3,26-23)12-14-27(4)19-10-6-5-9-17(19)16-28-13-8-7-11-20(28)22(30)31/h5-6,9-10,18,20,26H,7-8,11-16H2,1-4H3,(H2,25,29)(H,30,31). The molecule has 0 radical (unpaired) electrons. The summed E-state index contributed by atoms with van der Waals surface area (Å²) in [5, 5.41) is 13.3. The second-order valence-electron chi connectivity index (χ2n) is 10.2. The topological polar surface area (TPSA) is 98.9 Å². The molecule has 3 unspecified atom stereocenters. The van der Waals surface area contributed by atoms with Crippen molar-refractivity contribution in [3.05, 3.63) is 29.8 Å². The van der Waals surface area contributed by atoms with Crippen molar-refractivity contribution >= 4 is 17.6 Å². The van der Waals surface area contributed by atoms with E-state index in [0.29, 0.717) is 13.0 Å². The molecule has 2 aliphatic rings. The van der Waals surface area contributed by atoms with Gasteiger partial charge >= 0.3 is 5.97 Å². The third-order valence-corrected chi connectivity index (χ3v) is 7.17. The first kappa shape index (κ1) is 23.5. The number of carbonyl (C=O) groups excluding carboxylic acids is 1. The molecule has 0 aliphatic carbocycles. The Morgan fingerprint density at radius 3 is 2.61 bits per heavy atom. The summed E-state index contributed by atoms with van der Waals surface area (Å²) < 4.78 is 0. The molecule has 7 nitrogen and oxygen atoms in total. The summed E-state index contributed by atoms with van der Waals surface area (Å²) in [6, 6.07) is 7.85. The van der Waals surface area contributed by atoms with Gasteiger partial charge in [-0.1, -0.05) is 24.6 Å². The van der Waals surface area contributed by atoms with Crippen molar-refractivity contribution < 1.29 is 14.7 Å². The second-order valence-corrected chi connectivity index (χ2v) is 10.2. The molecule has 172 valence electrons. The lowest BCUT2D eigenvalue weighted by atomic mass is 9.85. The van der Waals surface area contributed by atoms with Crippen LogP contribution in [0.15, 0.2) is 24.3 Å². The summed E-state index contributed by atoms with van der Waals surface area (Å²) in [4.78, 5) is 27.9. The summed E-state index contributed by atoms with van der Waals surface area (Å²) >= 11 is 0. The molecule has 3 atom stereocenters. The van der Waals surface area contributed by atoms with Crippen molar-refractivity contribution in [3.63, 3.8) is 0 Å². The van der Waals surface area contributed by atoms with E-state index in [-0.39, 0.29) is 22.9 Å². The number of amides is 1. The van der Waals surface area contributed by atoms with Crippen LogP contribution >= 0.6 is 0 Å². The summed E-state index contributed by atoms with van der Waals surface area (Å²) in [6.07, 6.45) is 4.35. The lowest BCUT2D eigenvalue weighted by Gasteiger charge is -2.35. The number of rotatable bonds is 8. The van der Waals surface area contributed by atoms with Crippen LogP contribution in [0, 0.1) is 5.92 Å². The van der Waals surface area contributed by atoms with Gasteiger partial charge in [-0.3, -0.25) is 14.5 Å². The Morgan fingerprint density at radius 1 is 1.26 bits per heavy atom. The Balaban J connectivity index is 1.68. The molecule has 1 aromatic rings. The van der Waals surface area contributed by atoms with Crippen LogP contribution in [0.1, 0.15) is 58.4 Å². The van der Waals surface area contributed by atoms with Gasteiger partial charge < -0.3 is 21.1 Å². The van der Waals surface area contributed by atoms with Gasteiger partial charge in [0.15, 0.2) is 0 Å². The van der Waals surface area contributed by atoms with E-state index in [1.807, 2.05) is 26.0 Å². The third-order valence-electron chi connectivity index (χ3n) is 7.17. The number of benzene rings is 1. The minimum absolute atomic E-state index is 0.159. The minimum atomic E-state index is -0.725. The first-order valence-electron chi connectivity index (χ1n) is 11.4. The smallest absolute Gasteiger partial charge is 0.320 e. The van der Waals surface area contributed by atoms with E-state index in [0.717, 1.165) is 50.0 Å². The number of hydrogen-bond acceptors (Lipinski definition) is 5. The van der Waals surface area contributed by atoms with Gasteiger partial charge in [-0.15, -0.1) is 0 Å². The van der Waals surface area contributed by atoms with Gasteiger partial charge in [-0.25, -0.2) is 0 Å². The summed E-state index contributed by atoms with van der Waals surface area (Å²) in [5.41, 5.74) is 7.46. The zero-order valence-electron chi connectivity index (χ0n) is 19.4. The van der Waals surface area contributed by atoms with Gasteiger partial charge in [0.05, 0.1) is 5.92 Å². The highest BCUT2D eigenvalue weighted by atomic mass is 16.4. The van der Waals surface area contributed by atoms with Crippen LogP contribution < -0.4 is 16.0 Å². The Kier molecular flexibility index (Phi) is 6.96. The predicted molar refractivity (Wildman–Crippen MR) is 123 cm³/mol. The first-order valence-corrected chi connectivity index (χ1v) is 11.4. The molecular weight excluding hydrogens is 392 g/mol. The number of anilines is 1. The van der Waals surface area contributed by atoms with Crippen LogP contribution in [0.4, 0.5) is 5.69 Å². The van der Waals surface area contributed by atoms with Crippen LogP contribution in [0.25, 0.3) is 0 Å². The average molecular weight is 431 g/mol. The van der Waals surface area contributed by atoms with E-state index >= 15 is 0 Å². The molecule has 2 heterocycles. The highest BCUT2D eigenvalue weighted by Crippen LogP contribution is 2.38. The number of piperidine rings is 1. The van der Waals surface area contributed by atoms with Crippen molar-refractivity contribution in [3.8, 4) is 0 Å². The average Bonchev–Trinajstić information content (AvgIpc) is 2.96. The van der Waals surface area contributed by atoms with Crippen molar-refractivity contribution in [2.75, 3.05) is 25.0 Å². The van der Waals surface area contributed by atoms with Crippen LogP contribution in [0.3, 0.4) is 0 Å². The third kappa shape index (κ3) is 5.39. The van der Waals surface area contributed by atoms with E-state index in [1.165, 1.54) is 0 Å². The van der Waals surface area contributed by atoms with Gasteiger partial charge in [0.2, 0.25) is 5.91 Å². The fourth-order valence-corrected chi connectivity index (χ4v) is 5.47. The largest absolute Gasteiger partial charge is 0.480 e. The van der Waals surface area contributed by atoms with Crippen molar-refractivity contribution in [1.82, 2.24) is 10.2 Å². The van der Waals surface area contributed by atoms with Gasteiger partial charge in [0, 0.05) is 36.9 Å². The molecule has 2 fully saturated rings. The van der Waals surface area contributed by atoms with E-state index in [4.69, 9.17) is 5.73 Å². The van der Waals surface area contributed by atoms with Gasteiger partial charge in [0.25, 0.3) is 0 Å². The quantitative estimate of drug-likeness (QED) is 0.586. The molecule has 7 heteroatoms. The molecule has 2 aliphatic heterocycles. The van der Waals surface area contributed by atoms with E-state index in [1.54, 1.807) is 0 Å². The monoisotopic (exact) mass is 430 g/mol. The minimum Gasteiger partial charge on any atom is -0.480 e. The molecule has 31 heavy (non-hydrogen) atoms. The first-order chi connectivity index (χ1) is 14.5. The van der Waals surface area contributed by atoms with E-state index < -0.39 is 12.0 Å².